The van der Waals surface area contributed by atoms with Crippen LogP contribution in [-0.4, -0.2) is 62.7 Å². The third kappa shape index (κ3) is 7.16. The molecule has 1 aliphatic heterocycles. The highest BCUT2D eigenvalue weighted by atomic mass is 35.5. The smallest absolute Gasteiger partial charge is 0.244 e. The standard InChI is InChI=1S/C28H36ClN3O6S/c1-3-39(35,36)32(23-13-14-25-26(17-23)38-16-15-37-25)19-27(33)31(18-21-9-7-8-12-24(21)29)20(2)28(34)30-22-10-5-4-6-11-22/h7-9,12-14,17,20,22H,3-6,10-11,15-16,18-19H2,1-2H3,(H,30,34)/t20-/m1/s1. The Hall–Kier alpha value is -2.98. The van der Waals surface area contributed by atoms with Crippen molar-refractivity contribution >= 4 is 39.1 Å². The van der Waals surface area contributed by atoms with Crippen LogP contribution >= 0.6 is 11.6 Å². The quantitative estimate of drug-likeness (QED) is 0.455. The van der Waals surface area contributed by atoms with E-state index < -0.39 is 28.5 Å². The largest absolute Gasteiger partial charge is 0.486 e. The molecule has 39 heavy (non-hydrogen) atoms. The first-order valence-corrected chi connectivity index (χ1v) is 15.4. The molecule has 212 valence electrons. The molecule has 0 bridgehead atoms. The molecule has 1 saturated carbocycles. The first-order valence-electron chi connectivity index (χ1n) is 13.4. The van der Waals surface area contributed by atoms with Gasteiger partial charge in [-0.15, -0.1) is 0 Å². The molecule has 2 amide bonds. The Morgan fingerprint density at radius 1 is 1.05 bits per heavy atom. The number of ether oxygens (including phenoxy) is 2. The molecule has 0 unspecified atom stereocenters. The summed E-state index contributed by atoms with van der Waals surface area (Å²) in [4.78, 5) is 28.6. The van der Waals surface area contributed by atoms with Gasteiger partial charge >= 0.3 is 0 Å². The second-order valence-corrected chi connectivity index (χ2v) is 12.5. The zero-order valence-electron chi connectivity index (χ0n) is 22.4. The average Bonchev–Trinajstić information content (AvgIpc) is 2.95. The predicted octanol–water partition coefficient (Wildman–Crippen LogP) is 4.13. The molecular formula is C28H36ClN3O6S. The zero-order chi connectivity index (χ0) is 28.0. The Balaban J connectivity index is 1.62. The monoisotopic (exact) mass is 577 g/mol. The van der Waals surface area contributed by atoms with Crippen LogP contribution in [0.1, 0.15) is 51.5 Å². The van der Waals surface area contributed by atoms with E-state index in [9.17, 15) is 18.0 Å². The molecule has 2 aliphatic rings. The number of fused-ring (bicyclic) bond motifs is 1. The number of carbonyl (C=O) groups excluding carboxylic acids is 2. The number of hydrogen-bond acceptors (Lipinski definition) is 6. The minimum Gasteiger partial charge on any atom is -0.486 e. The topological polar surface area (TPSA) is 105 Å². The van der Waals surface area contributed by atoms with Crippen molar-refractivity contribution in [1.29, 1.82) is 0 Å². The predicted molar refractivity (Wildman–Crippen MR) is 151 cm³/mol. The fraction of sp³-hybridized carbons (Fsp3) is 0.500. The summed E-state index contributed by atoms with van der Waals surface area (Å²) < 4.78 is 38.6. The Bertz CT molecular complexity index is 1280. The fourth-order valence-electron chi connectivity index (χ4n) is 4.87. The molecule has 1 heterocycles. The molecular weight excluding hydrogens is 542 g/mol. The molecule has 2 aromatic rings. The van der Waals surface area contributed by atoms with Crippen molar-refractivity contribution in [3.05, 3.63) is 53.1 Å². The molecule has 0 radical (unpaired) electrons. The van der Waals surface area contributed by atoms with Crippen LogP contribution in [0, 0.1) is 0 Å². The van der Waals surface area contributed by atoms with E-state index in [-0.39, 0.29) is 29.9 Å². The van der Waals surface area contributed by atoms with Gasteiger partial charge in [0, 0.05) is 23.7 Å². The van der Waals surface area contributed by atoms with Crippen LogP contribution in [0.3, 0.4) is 0 Å². The molecule has 0 aromatic heterocycles. The fourth-order valence-corrected chi connectivity index (χ4v) is 6.12. The minimum atomic E-state index is -3.86. The lowest BCUT2D eigenvalue weighted by atomic mass is 9.95. The maximum atomic E-state index is 13.9. The van der Waals surface area contributed by atoms with Crippen molar-refractivity contribution < 1.29 is 27.5 Å². The van der Waals surface area contributed by atoms with Crippen molar-refractivity contribution in [2.45, 2.75) is 64.6 Å². The van der Waals surface area contributed by atoms with Crippen molar-refractivity contribution in [3.8, 4) is 11.5 Å². The second-order valence-electron chi connectivity index (χ2n) is 9.87. The third-order valence-corrected chi connectivity index (χ3v) is 9.32. The van der Waals surface area contributed by atoms with Gasteiger partial charge in [0.05, 0.1) is 11.4 Å². The third-order valence-electron chi connectivity index (χ3n) is 7.21. The molecule has 1 fully saturated rings. The Morgan fingerprint density at radius 3 is 2.44 bits per heavy atom. The van der Waals surface area contributed by atoms with Crippen molar-refractivity contribution in [2.75, 3.05) is 29.8 Å². The van der Waals surface area contributed by atoms with Crippen molar-refractivity contribution in [3.63, 3.8) is 0 Å². The van der Waals surface area contributed by atoms with Gasteiger partial charge in [-0.1, -0.05) is 49.1 Å². The van der Waals surface area contributed by atoms with Crippen LogP contribution in [0.2, 0.25) is 5.02 Å². The second kappa shape index (κ2) is 12.9. The van der Waals surface area contributed by atoms with Crippen LogP contribution in [-0.2, 0) is 26.2 Å². The number of rotatable bonds is 10. The van der Waals surface area contributed by atoms with Crippen LogP contribution in [0.25, 0.3) is 0 Å². The molecule has 0 spiro atoms. The number of anilines is 1. The highest BCUT2D eigenvalue weighted by Crippen LogP contribution is 2.35. The highest BCUT2D eigenvalue weighted by Gasteiger charge is 2.32. The summed E-state index contributed by atoms with van der Waals surface area (Å²) in [6.45, 7) is 3.50. The Morgan fingerprint density at radius 2 is 1.74 bits per heavy atom. The number of sulfonamides is 1. The highest BCUT2D eigenvalue weighted by molar-refractivity contribution is 7.92. The summed E-state index contributed by atoms with van der Waals surface area (Å²) in [5, 5.41) is 3.55. The summed E-state index contributed by atoms with van der Waals surface area (Å²) >= 11 is 6.41. The van der Waals surface area contributed by atoms with E-state index in [0.717, 1.165) is 36.4 Å². The molecule has 2 aromatic carbocycles. The summed E-state index contributed by atoms with van der Waals surface area (Å²) in [5.74, 6) is -0.0782. The molecule has 1 aliphatic carbocycles. The van der Waals surface area contributed by atoms with E-state index in [4.69, 9.17) is 21.1 Å². The maximum absolute atomic E-state index is 13.9. The molecule has 1 N–H and O–H groups in total. The summed E-state index contributed by atoms with van der Waals surface area (Å²) in [5.41, 5.74) is 0.945. The lowest BCUT2D eigenvalue weighted by Gasteiger charge is -2.33. The van der Waals surface area contributed by atoms with Crippen molar-refractivity contribution in [2.24, 2.45) is 0 Å². The first-order chi connectivity index (χ1) is 18.7. The van der Waals surface area contributed by atoms with Crippen LogP contribution in [0.5, 0.6) is 11.5 Å². The number of hydrogen-bond donors (Lipinski definition) is 1. The minimum absolute atomic E-state index is 0.0545. The molecule has 9 nitrogen and oxygen atoms in total. The van der Waals surface area contributed by atoms with E-state index in [1.54, 1.807) is 49.4 Å². The van der Waals surface area contributed by atoms with E-state index in [1.165, 1.54) is 11.8 Å². The van der Waals surface area contributed by atoms with Gasteiger partial charge in [-0.2, -0.15) is 0 Å². The van der Waals surface area contributed by atoms with Gasteiger partial charge in [0.1, 0.15) is 25.8 Å². The number of amides is 2. The Labute approximate surface area is 235 Å². The number of nitrogens with one attached hydrogen (secondary N) is 1. The number of carbonyl (C=O) groups is 2. The summed E-state index contributed by atoms with van der Waals surface area (Å²) in [6.07, 6.45) is 5.08. The Kier molecular flexibility index (Phi) is 9.61. The van der Waals surface area contributed by atoms with E-state index in [1.807, 2.05) is 0 Å². The molecule has 11 heteroatoms. The van der Waals surface area contributed by atoms with Gasteiger partial charge in [0.2, 0.25) is 21.8 Å². The first kappa shape index (κ1) is 29.0. The number of benzene rings is 2. The molecule has 4 rings (SSSR count). The molecule has 0 saturated heterocycles. The zero-order valence-corrected chi connectivity index (χ0v) is 24.0. The molecule has 1 atom stereocenters. The number of nitrogens with zero attached hydrogens (tertiary/aromatic N) is 2. The summed E-state index contributed by atoms with van der Waals surface area (Å²) in [7, 11) is -3.86. The van der Waals surface area contributed by atoms with Crippen LogP contribution in [0.4, 0.5) is 5.69 Å². The van der Waals surface area contributed by atoms with Crippen LogP contribution < -0.4 is 19.1 Å². The van der Waals surface area contributed by atoms with Crippen LogP contribution in [0.15, 0.2) is 42.5 Å². The lowest BCUT2D eigenvalue weighted by Crippen LogP contribution is -2.53. The van der Waals surface area contributed by atoms with Gasteiger partial charge in [-0.25, -0.2) is 8.42 Å². The maximum Gasteiger partial charge on any atom is 0.244 e. The van der Waals surface area contributed by atoms with Gasteiger partial charge in [0.25, 0.3) is 0 Å². The van der Waals surface area contributed by atoms with Gasteiger partial charge < -0.3 is 19.7 Å². The van der Waals surface area contributed by atoms with E-state index >= 15 is 0 Å². The number of halogens is 1. The van der Waals surface area contributed by atoms with Gasteiger partial charge in [-0.05, 0) is 50.5 Å². The average molecular weight is 578 g/mol. The lowest BCUT2D eigenvalue weighted by molar-refractivity contribution is -0.139. The van der Waals surface area contributed by atoms with E-state index in [0.29, 0.717) is 35.3 Å². The van der Waals surface area contributed by atoms with E-state index in [2.05, 4.69) is 5.32 Å². The normalized spacial score (nSPS) is 16.3. The van der Waals surface area contributed by atoms with Crippen molar-refractivity contribution in [1.82, 2.24) is 10.2 Å². The summed E-state index contributed by atoms with van der Waals surface area (Å²) in [6, 6.07) is 11.1. The SMILES string of the molecule is CCS(=O)(=O)N(CC(=O)N(Cc1ccccc1Cl)[C@H](C)C(=O)NC1CCCCC1)c1ccc2c(c1)OCCO2. The van der Waals surface area contributed by atoms with Gasteiger partial charge in [0.15, 0.2) is 11.5 Å². The van der Waals surface area contributed by atoms with Gasteiger partial charge in [-0.3, -0.25) is 13.9 Å².